The molecule has 6 nitrogen and oxygen atoms in total. The van der Waals surface area contributed by atoms with E-state index < -0.39 is 4.92 Å². The second-order valence-electron chi connectivity index (χ2n) is 5.84. The molecule has 21 heavy (non-hydrogen) atoms. The molecule has 0 aromatic heterocycles. The predicted molar refractivity (Wildman–Crippen MR) is 79.9 cm³/mol. The molecule has 1 saturated heterocycles. The van der Waals surface area contributed by atoms with Crippen molar-refractivity contribution in [2.75, 3.05) is 18.9 Å². The lowest BCUT2D eigenvalue weighted by Crippen LogP contribution is -2.52. The standard InChI is InChI=1S/C15H21N3O3/c16-15-11(4-3-6-13(15)18(19)20)10-17-8-9-21-14-7-2-1-5-12(14)17/h3-4,6,12,14H,1-2,5,7-10,16H2. The van der Waals surface area contributed by atoms with Gasteiger partial charge >= 0.3 is 0 Å². The molecule has 1 heterocycles. The number of nitrogens with zero attached hydrogens (tertiary/aromatic N) is 2. The summed E-state index contributed by atoms with van der Waals surface area (Å²) in [5.41, 5.74) is 7.11. The number of rotatable bonds is 3. The summed E-state index contributed by atoms with van der Waals surface area (Å²) >= 11 is 0. The topological polar surface area (TPSA) is 81.6 Å². The van der Waals surface area contributed by atoms with Gasteiger partial charge in [0.2, 0.25) is 0 Å². The molecule has 2 aliphatic rings. The minimum Gasteiger partial charge on any atom is -0.393 e. The third-order valence-corrected chi connectivity index (χ3v) is 4.59. The summed E-state index contributed by atoms with van der Waals surface area (Å²) in [5.74, 6) is 0. The Balaban J connectivity index is 1.79. The van der Waals surface area contributed by atoms with Crippen LogP contribution in [0.5, 0.6) is 0 Å². The molecule has 1 aromatic carbocycles. The Labute approximate surface area is 124 Å². The highest BCUT2D eigenvalue weighted by molar-refractivity contribution is 5.62. The first kappa shape index (κ1) is 14.3. The molecule has 1 aliphatic heterocycles. The van der Waals surface area contributed by atoms with Gasteiger partial charge < -0.3 is 10.5 Å². The van der Waals surface area contributed by atoms with Crippen molar-refractivity contribution >= 4 is 11.4 Å². The molecule has 2 atom stereocenters. The largest absolute Gasteiger partial charge is 0.393 e. The Kier molecular flexibility index (Phi) is 4.07. The quantitative estimate of drug-likeness (QED) is 0.525. The zero-order valence-corrected chi connectivity index (χ0v) is 12.0. The number of nitrogens with two attached hydrogens (primary N) is 1. The van der Waals surface area contributed by atoms with Crippen LogP contribution in [0.15, 0.2) is 18.2 Å². The van der Waals surface area contributed by atoms with Crippen LogP contribution in [-0.4, -0.2) is 35.1 Å². The Morgan fingerprint density at radius 1 is 1.38 bits per heavy atom. The van der Waals surface area contributed by atoms with Crippen LogP contribution in [0.1, 0.15) is 31.2 Å². The van der Waals surface area contributed by atoms with Crippen molar-refractivity contribution < 1.29 is 9.66 Å². The van der Waals surface area contributed by atoms with Gasteiger partial charge in [-0.05, 0) is 18.4 Å². The summed E-state index contributed by atoms with van der Waals surface area (Å²) in [6.07, 6.45) is 5.03. The van der Waals surface area contributed by atoms with Crippen molar-refractivity contribution in [3.8, 4) is 0 Å². The van der Waals surface area contributed by atoms with Crippen molar-refractivity contribution in [2.45, 2.75) is 44.4 Å². The fraction of sp³-hybridized carbons (Fsp3) is 0.600. The average Bonchev–Trinajstić information content (AvgIpc) is 2.49. The molecule has 2 fully saturated rings. The van der Waals surface area contributed by atoms with Gasteiger partial charge in [-0.2, -0.15) is 0 Å². The number of para-hydroxylation sites is 1. The van der Waals surface area contributed by atoms with Crippen LogP contribution in [0.3, 0.4) is 0 Å². The van der Waals surface area contributed by atoms with E-state index >= 15 is 0 Å². The van der Waals surface area contributed by atoms with Gasteiger partial charge in [-0.1, -0.05) is 25.0 Å². The molecule has 0 radical (unpaired) electrons. The number of nitro groups is 1. The summed E-state index contributed by atoms with van der Waals surface area (Å²) in [6, 6.07) is 5.48. The van der Waals surface area contributed by atoms with Crippen molar-refractivity contribution in [3.63, 3.8) is 0 Å². The van der Waals surface area contributed by atoms with Gasteiger partial charge in [0.15, 0.2) is 0 Å². The maximum Gasteiger partial charge on any atom is 0.292 e. The van der Waals surface area contributed by atoms with Gasteiger partial charge in [-0.15, -0.1) is 0 Å². The molecule has 1 aromatic rings. The lowest BCUT2D eigenvalue weighted by Gasteiger charge is -2.44. The van der Waals surface area contributed by atoms with E-state index in [9.17, 15) is 10.1 Å². The zero-order chi connectivity index (χ0) is 14.8. The highest BCUT2D eigenvalue weighted by Gasteiger charge is 2.34. The van der Waals surface area contributed by atoms with Crippen LogP contribution in [-0.2, 0) is 11.3 Å². The molecule has 1 saturated carbocycles. The molecule has 0 amide bonds. The van der Waals surface area contributed by atoms with Crippen molar-refractivity contribution in [3.05, 3.63) is 33.9 Å². The number of anilines is 1. The lowest BCUT2D eigenvalue weighted by molar-refractivity contribution is -0.384. The number of fused-ring (bicyclic) bond motifs is 1. The zero-order valence-electron chi connectivity index (χ0n) is 12.0. The summed E-state index contributed by atoms with van der Waals surface area (Å²) in [7, 11) is 0. The fourth-order valence-corrected chi connectivity index (χ4v) is 3.49. The maximum atomic E-state index is 11.0. The number of morpholine rings is 1. The summed E-state index contributed by atoms with van der Waals surface area (Å²) in [6.45, 7) is 2.26. The monoisotopic (exact) mass is 291 g/mol. The number of nitro benzene ring substituents is 1. The van der Waals surface area contributed by atoms with Gasteiger partial charge in [0, 0.05) is 25.2 Å². The third-order valence-electron chi connectivity index (χ3n) is 4.59. The summed E-state index contributed by atoms with van der Waals surface area (Å²) in [5, 5.41) is 11.0. The molecule has 6 heteroatoms. The van der Waals surface area contributed by atoms with E-state index in [1.54, 1.807) is 6.07 Å². The first-order valence-corrected chi connectivity index (χ1v) is 7.54. The first-order chi connectivity index (χ1) is 10.2. The SMILES string of the molecule is Nc1c(CN2CCOC3CCCCC32)cccc1[N+](=O)[O-]. The van der Waals surface area contributed by atoms with Crippen LogP contribution in [0.4, 0.5) is 11.4 Å². The highest BCUT2D eigenvalue weighted by atomic mass is 16.6. The van der Waals surface area contributed by atoms with Gasteiger partial charge in [0.25, 0.3) is 5.69 Å². The molecule has 114 valence electrons. The number of ether oxygens (including phenoxy) is 1. The smallest absolute Gasteiger partial charge is 0.292 e. The number of hydrogen-bond acceptors (Lipinski definition) is 5. The fourth-order valence-electron chi connectivity index (χ4n) is 3.49. The number of nitrogen functional groups attached to an aromatic ring is 1. The Hall–Kier alpha value is -1.66. The second-order valence-corrected chi connectivity index (χ2v) is 5.84. The van der Waals surface area contributed by atoms with E-state index in [2.05, 4.69) is 4.90 Å². The Morgan fingerprint density at radius 2 is 2.19 bits per heavy atom. The first-order valence-electron chi connectivity index (χ1n) is 7.54. The molecular formula is C15H21N3O3. The molecule has 2 unspecified atom stereocenters. The Bertz CT molecular complexity index is 533. The normalized spacial score (nSPS) is 26.3. The van der Waals surface area contributed by atoms with E-state index in [0.29, 0.717) is 24.4 Å². The molecule has 1 aliphatic carbocycles. The van der Waals surface area contributed by atoms with Gasteiger partial charge in [-0.3, -0.25) is 15.0 Å². The van der Waals surface area contributed by atoms with E-state index in [4.69, 9.17) is 10.5 Å². The second kappa shape index (κ2) is 5.99. The molecule has 3 rings (SSSR count). The van der Waals surface area contributed by atoms with E-state index in [1.807, 2.05) is 6.07 Å². The number of benzene rings is 1. The van der Waals surface area contributed by atoms with E-state index in [0.717, 1.165) is 31.6 Å². The minimum absolute atomic E-state index is 0.000883. The van der Waals surface area contributed by atoms with E-state index in [1.165, 1.54) is 18.9 Å². The highest BCUT2D eigenvalue weighted by Crippen LogP contribution is 2.32. The van der Waals surface area contributed by atoms with Crippen molar-refractivity contribution in [1.29, 1.82) is 0 Å². The maximum absolute atomic E-state index is 11.0. The summed E-state index contributed by atoms with van der Waals surface area (Å²) in [4.78, 5) is 12.9. The predicted octanol–water partition coefficient (Wildman–Crippen LogP) is 2.32. The van der Waals surface area contributed by atoms with Crippen molar-refractivity contribution in [2.24, 2.45) is 0 Å². The summed E-state index contributed by atoms with van der Waals surface area (Å²) < 4.78 is 5.86. The lowest BCUT2D eigenvalue weighted by atomic mass is 9.90. The van der Waals surface area contributed by atoms with Crippen LogP contribution in [0.25, 0.3) is 0 Å². The Morgan fingerprint density at radius 3 is 3.00 bits per heavy atom. The molecule has 0 bridgehead atoms. The number of hydrogen-bond donors (Lipinski definition) is 1. The van der Waals surface area contributed by atoms with Gasteiger partial charge in [-0.25, -0.2) is 0 Å². The van der Waals surface area contributed by atoms with Crippen LogP contribution < -0.4 is 5.73 Å². The molecule has 0 spiro atoms. The minimum atomic E-state index is -0.415. The molecule has 2 N–H and O–H groups in total. The van der Waals surface area contributed by atoms with Crippen LogP contribution in [0.2, 0.25) is 0 Å². The van der Waals surface area contributed by atoms with Crippen LogP contribution in [0, 0.1) is 10.1 Å². The van der Waals surface area contributed by atoms with E-state index in [-0.39, 0.29) is 5.69 Å². The van der Waals surface area contributed by atoms with Crippen molar-refractivity contribution in [1.82, 2.24) is 4.90 Å². The third kappa shape index (κ3) is 2.87. The van der Waals surface area contributed by atoms with Crippen LogP contribution >= 0.6 is 0 Å². The van der Waals surface area contributed by atoms with Gasteiger partial charge in [0.1, 0.15) is 5.69 Å². The molecular weight excluding hydrogens is 270 g/mol. The van der Waals surface area contributed by atoms with Gasteiger partial charge in [0.05, 0.1) is 17.6 Å². The average molecular weight is 291 g/mol.